The third-order valence-electron chi connectivity index (χ3n) is 19.7. The first kappa shape index (κ1) is 45.8. The molecule has 3 aliphatic heterocycles. The molecular formula is C49H86N2O8Si. The van der Waals surface area contributed by atoms with Gasteiger partial charge in [0.15, 0.2) is 14.6 Å². The van der Waals surface area contributed by atoms with Crippen molar-refractivity contribution in [2.75, 3.05) is 39.3 Å². The Morgan fingerprint density at radius 1 is 0.917 bits per heavy atom. The second kappa shape index (κ2) is 15.4. The highest BCUT2D eigenvalue weighted by Crippen LogP contribution is 2.89. The minimum absolute atomic E-state index is 0.00551. The van der Waals surface area contributed by atoms with Crippen LogP contribution in [0.4, 0.5) is 4.79 Å². The zero-order valence-electron chi connectivity index (χ0n) is 40.1. The Morgan fingerprint density at radius 3 is 2.20 bits per heavy atom. The van der Waals surface area contributed by atoms with Gasteiger partial charge in [0.25, 0.3) is 0 Å². The topological polar surface area (TPSA) is 110 Å². The van der Waals surface area contributed by atoms with Crippen LogP contribution in [0.5, 0.6) is 0 Å². The SMILES string of the molecule is CC[Si](CC)(CC)O[C@H]1[C@H]2O[C@@H]([C@H](O)C(C)(C)O)C[C@@H](C)[C@@H]2[C@@]2(C)CC[C@@]34C[C@@]35CC[C@H](O[C@H]3CN(CC6CN(C(=O)OC(C)(C)C)C6)CCO3)C(C)(C)[C@@H]5CC[C@H]4[C@]12C. The summed E-state index contributed by atoms with van der Waals surface area (Å²) in [5.41, 5.74) is -0.980. The van der Waals surface area contributed by atoms with E-state index in [9.17, 15) is 15.0 Å². The molecule has 11 heteroatoms. The summed E-state index contributed by atoms with van der Waals surface area (Å²) in [4.78, 5) is 16.9. The van der Waals surface area contributed by atoms with Crippen LogP contribution in [0.1, 0.15) is 141 Å². The molecule has 14 atom stereocenters. The van der Waals surface area contributed by atoms with Crippen molar-refractivity contribution in [2.45, 2.75) is 208 Å². The smallest absolute Gasteiger partial charge is 0.410 e. The molecule has 0 unspecified atom stereocenters. The average molecular weight is 859 g/mol. The number of carbonyl (C=O) groups excluding carboxylic acids is 1. The van der Waals surface area contributed by atoms with E-state index >= 15 is 0 Å². The van der Waals surface area contributed by atoms with Crippen LogP contribution in [-0.4, -0.2) is 122 Å². The van der Waals surface area contributed by atoms with Gasteiger partial charge in [-0.3, -0.25) is 4.90 Å². The predicted octanol–water partition coefficient (Wildman–Crippen LogP) is 8.87. The fourth-order valence-corrected chi connectivity index (χ4v) is 19.2. The molecule has 3 saturated heterocycles. The molecular weight excluding hydrogens is 773 g/mol. The number of aliphatic hydroxyl groups is 2. The van der Waals surface area contributed by atoms with E-state index in [1.54, 1.807) is 13.8 Å². The molecule has 1 amide bonds. The van der Waals surface area contributed by atoms with E-state index in [-0.39, 0.29) is 46.9 Å². The number of hydrogen-bond acceptors (Lipinski definition) is 9. The van der Waals surface area contributed by atoms with Crippen LogP contribution in [0.25, 0.3) is 0 Å². The molecule has 8 aliphatic rings. The number of amides is 1. The maximum Gasteiger partial charge on any atom is 0.410 e. The fourth-order valence-electron chi connectivity index (χ4n) is 16.3. The quantitative estimate of drug-likeness (QED) is 0.197. The third-order valence-corrected chi connectivity index (χ3v) is 24.3. The Kier molecular flexibility index (Phi) is 11.7. The maximum absolute atomic E-state index is 12.5. The molecule has 5 aliphatic carbocycles. The predicted molar refractivity (Wildman–Crippen MR) is 237 cm³/mol. The van der Waals surface area contributed by atoms with Crippen LogP contribution >= 0.6 is 0 Å². The summed E-state index contributed by atoms with van der Waals surface area (Å²) in [7, 11) is -2.05. The van der Waals surface area contributed by atoms with E-state index < -0.39 is 31.7 Å². The highest BCUT2D eigenvalue weighted by Gasteiger charge is 2.85. The molecule has 0 radical (unpaired) electrons. The number of nitrogens with zero attached hydrogens (tertiary/aromatic N) is 2. The van der Waals surface area contributed by atoms with E-state index in [0.29, 0.717) is 47.0 Å². The Bertz CT molecular complexity index is 1580. The summed E-state index contributed by atoms with van der Waals surface area (Å²) < 4.78 is 34.2. The van der Waals surface area contributed by atoms with Crippen molar-refractivity contribution in [1.29, 1.82) is 0 Å². The Labute approximate surface area is 365 Å². The largest absolute Gasteiger partial charge is 0.444 e. The summed E-state index contributed by atoms with van der Waals surface area (Å²) in [6, 6.07) is 3.33. The second-order valence-electron chi connectivity index (χ2n) is 24.4. The zero-order valence-corrected chi connectivity index (χ0v) is 41.1. The number of ether oxygens (including phenoxy) is 4. The summed E-state index contributed by atoms with van der Waals surface area (Å²) in [6.45, 7) is 33.9. The molecule has 0 aromatic carbocycles. The van der Waals surface area contributed by atoms with E-state index in [1.165, 1.54) is 38.5 Å². The van der Waals surface area contributed by atoms with Crippen LogP contribution in [0.15, 0.2) is 0 Å². The minimum atomic E-state index is -2.05. The van der Waals surface area contributed by atoms with Crippen molar-refractivity contribution >= 4 is 14.4 Å². The van der Waals surface area contributed by atoms with Crippen LogP contribution in [0.3, 0.4) is 0 Å². The Balaban J connectivity index is 0.994. The standard InChI is InChI=1S/C49H86N2O8Si/c1-14-60(15-2,16-3)59-41-39-38(31(4)25-33(56-39)40(52)45(10,11)54)46(12)21-22-49-30-48(49)20-19-36(44(8,9)34(48)17-18-35(49)47(41,46)13)57-37-29-50(23-24-55-37)26-32-27-51(28-32)42(53)58-43(5,6)7/h31-41,52,54H,14-30H2,1-13H3/t31-,33-,34+,35+,36+,37+,38+,39+,40+,41+,46-,47-,48-,49+/m1/s1. The number of carbonyl (C=O) groups is 1. The molecule has 0 aromatic heterocycles. The number of fused-ring (bicyclic) bond motifs is 4. The maximum atomic E-state index is 12.5. The molecule has 344 valence electrons. The molecule has 0 bridgehead atoms. The minimum Gasteiger partial charge on any atom is -0.444 e. The molecule has 60 heavy (non-hydrogen) atoms. The lowest BCUT2D eigenvalue weighted by atomic mass is 9.41. The van der Waals surface area contributed by atoms with Crippen molar-refractivity contribution in [2.24, 2.45) is 56.7 Å². The lowest BCUT2D eigenvalue weighted by molar-refractivity contribution is -0.249. The summed E-state index contributed by atoms with van der Waals surface area (Å²) in [5, 5.41) is 22.5. The summed E-state index contributed by atoms with van der Waals surface area (Å²) in [5.74, 6) is 2.37. The van der Waals surface area contributed by atoms with Crippen molar-refractivity contribution in [3.05, 3.63) is 0 Å². The second-order valence-corrected chi connectivity index (χ2v) is 29.1. The van der Waals surface area contributed by atoms with E-state index in [0.717, 1.165) is 63.7 Å². The molecule has 8 rings (SSSR count). The highest BCUT2D eigenvalue weighted by atomic mass is 28.4. The first-order valence-corrected chi connectivity index (χ1v) is 27.2. The van der Waals surface area contributed by atoms with Crippen molar-refractivity contribution in [3.8, 4) is 0 Å². The van der Waals surface area contributed by atoms with Gasteiger partial charge >= 0.3 is 6.09 Å². The van der Waals surface area contributed by atoms with Crippen molar-refractivity contribution in [3.63, 3.8) is 0 Å². The normalized spacial score (nSPS) is 44.7. The molecule has 3 heterocycles. The highest BCUT2D eigenvalue weighted by molar-refractivity contribution is 6.73. The van der Waals surface area contributed by atoms with Crippen molar-refractivity contribution in [1.82, 2.24) is 9.80 Å². The average Bonchev–Trinajstić information content (AvgIpc) is 3.78. The molecule has 8 fully saturated rings. The van der Waals surface area contributed by atoms with Crippen LogP contribution in [-0.2, 0) is 23.4 Å². The van der Waals surface area contributed by atoms with Crippen LogP contribution < -0.4 is 0 Å². The summed E-state index contributed by atoms with van der Waals surface area (Å²) in [6.07, 6.45) is 7.70. The molecule has 0 aromatic rings. The number of likely N-dealkylation sites (tertiary alicyclic amines) is 1. The van der Waals surface area contributed by atoms with Gasteiger partial charge in [-0.1, -0.05) is 55.4 Å². The van der Waals surface area contributed by atoms with Gasteiger partial charge in [0.05, 0.1) is 36.6 Å². The molecule has 2 N–H and O–H groups in total. The first-order valence-electron chi connectivity index (χ1n) is 24.7. The zero-order chi connectivity index (χ0) is 43.6. The monoisotopic (exact) mass is 859 g/mol. The number of rotatable bonds is 11. The van der Waals surface area contributed by atoms with Gasteiger partial charge in [-0.2, -0.15) is 0 Å². The number of aliphatic hydroxyl groups excluding tert-OH is 1. The Morgan fingerprint density at radius 2 is 1.57 bits per heavy atom. The Hall–Kier alpha value is -0.793. The van der Waals surface area contributed by atoms with Gasteiger partial charge in [0, 0.05) is 44.1 Å². The van der Waals surface area contributed by atoms with Gasteiger partial charge in [-0.15, -0.1) is 0 Å². The van der Waals surface area contributed by atoms with Gasteiger partial charge in [0.2, 0.25) is 0 Å². The van der Waals surface area contributed by atoms with E-state index in [4.69, 9.17) is 23.4 Å². The van der Waals surface area contributed by atoms with Gasteiger partial charge in [-0.25, -0.2) is 4.79 Å². The van der Waals surface area contributed by atoms with Crippen LogP contribution in [0, 0.1) is 56.7 Å². The van der Waals surface area contributed by atoms with Crippen LogP contribution in [0.2, 0.25) is 18.1 Å². The number of morpholine rings is 1. The lowest BCUT2D eigenvalue weighted by Crippen LogP contribution is -2.61. The fraction of sp³-hybridized carbons (Fsp3) is 0.980. The molecule has 10 nitrogen and oxygen atoms in total. The first-order chi connectivity index (χ1) is 27.9. The lowest BCUT2D eigenvalue weighted by Gasteiger charge is -2.64. The van der Waals surface area contributed by atoms with Gasteiger partial charge in [0.1, 0.15) is 11.7 Å². The summed E-state index contributed by atoms with van der Waals surface area (Å²) >= 11 is 0. The third kappa shape index (κ3) is 7.04. The van der Waals surface area contributed by atoms with E-state index in [1.807, 2.05) is 25.7 Å². The number of hydrogen-bond donors (Lipinski definition) is 2. The van der Waals surface area contributed by atoms with E-state index in [2.05, 4.69) is 60.3 Å². The molecule has 5 saturated carbocycles. The molecule has 2 spiro atoms. The van der Waals surface area contributed by atoms with Gasteiger partial charge in [-0.05, 0) is 149 Å². The van der Waals surface area contributed by atoms with Gasteiger partial charge < -0.3 is 38.5 Å². The van der Waals surface area contributed by atoms with Crippen molar-refractivity contribution < 1.29 is 38.4 Å².